The van der Waals surface area contributed by atoms with E-state index < -0.39 is 5.97 Å². The van der Waals surface area contributed by atoms with Gasteiger partial charge in [0.2, 0.25) is 0 Å². The van der Waals surface area contributed by atoms with Crippen molar-refractivity contribution in [3.8, 4) is 11.1 Å². The van der Waals surface area contributed by atoms with Gasteiger partial charge in [0.25, 0.3) is 0 Å². The Balaban J connectivity index is 2.02. The summed E-state index contributed by atoms with van der Waals surface area (Å²) in [6, 6.07) is 9.58. The summed E-state index contributed by atoms with van der Waals surface area (Å²) in [6.45, 7) is 5.96. The van der Waals surface area contributed by atoms with E-state index in [9.17, 15) is 14.0 Å². The molecule has 0 bridgehead atoms. The van der Waals surface area contributed by atoms with E-state index in [1.807, 2.05) is 12.1 Å². The predicted molar refractivity (Wildman–Crippen MR) is 113 cm³/mol. The summed E-state index contributed by atoms with van der Waals surface area (Å²) < 4.78 is 18.2. The average molecular weight is 403 g/mol. The molecule has 0 aliphatic carbocycles. The lowest BCUT2D eigenvalue weighted by Crippen LogP contribution is -2.11. The number of hydrogen-bond acceptors (Lipinski definition) is 4. The summed E-state index contributed by atoms with van der Waals surface area (Å²) in [5, 5.41) is 0. The number of Topliss-reactive ketones (excluding diaryl/α,β-unsaturated/α-hetero) is 1. The van der Waals surface area contributed by atoms with E-state index in [0.717, 1.165) is 29.7 Å². The molecule has 0 radical (unpaired) electrons. The molecule has 150 valence electrons. The molecule has 0 atom stereocenters. The number of carbonyl (C=O) groups is 2. The van der Waals surface area contributed by atoms with Crippen molar-refractivity contribution in [2.45, 2.75) is 40.0 Å². The zero-order chi connectivity index (χ0) is 20.7. The third-order valence-corrected chi connectivity index (χ3v) is 5.74. The number of carbonyl (C=O) groups excluding carboxylic acids is 2. The van der Waals surface area contributed by atoms with Crippen LogP contribution in [0.1, 0.15) is 35.1 Å². The molecule has 0 aliphatic heterocycles. The first-order chi connectivity index (χ1) is 13.3. The monoisotopic (exact) mass is 402 g/mol. The van der Waals surface area contributed by atoms with Crippen molar-refractivity contribution >= 4 is 23.5 Å². The summed E-state index contributed by atoms with van der Waals surface area (Å²) in [5.41, 5.74) is 6.49. The number of hydrogen-bond donors (Lipinski definition) is 0. The topological polar surface area (TPSA) is 43.4 Å². The van der Waals surface area contributed by atoms with Crippen LogP contribution in [0.15, 0.2) is 30.3 Å². The van der Waals surface area contributed by atoms with Gasteiger partial charge in [0, 0.05) is 0 Å². The second-order valence-corrected chi connectivity index (χ2v) is 8.12. The van der Waals surface area contributed by atoms with E-state index >= 15 is 0 Å². The maximum absolute atomic E-state index is 13.7. The minimum absolute atomic E-state index is 0.106. The van der Waals surface area contributed by atoms with Gasteiger partial charge in [-0.25, -0.2) is 4.39 Å². The van der Waals surface area contributed by atoms with Gasteiger partial charge in [-0.2, -0.15) is 11.8 Å². The normalized spacial score (nSPS) is 10.8. The molecule has 3 nitrogen and oxygen atoms in total. The van der Waals surface area contributed by atoms with E-state index in [0.29, 0.717) is 11.3 Å². The highest BCUT2D eigenvalue weighted by molar-refractivity contribution is 7.99. The van der Waals surface area contributed by atoms with Gasteiger partial charge in [0.1, 0.15) is 12.2 Å². The molecule has 0 unspecified atom stereocenters. The quantitative estimate of drug-likeness (QED) is 0.328. The predicted octanol–water partition coefficient (Wildman–Crippen LogP) is 5.22. The summed E-state index contributed by atoms with van der Waals surface area (Å²) >= 11 is 1.54. The molecule has 28 heavy (non-hydrogen) atoms. The van der Waals surface area contributed by atoms with Crippen LogP contribution < -0.4 is 0 Å². The lowest BCUT2D eigenvalue weighted by molar-refractivity contribution is -0.142. The van der Waals surface area contributed by atoms with Crippen LogP contribution in [0.5, 0.6) is 0 Å². The number of ether oxygens (including phenoxy) is 1. The largest absolute Gasteiger partial charge is 0.469 e. The maximum Gasteiger partial charge on any atom is 0.313 e. The first-order valence-corrected chi connectivity index (χ1v) is 10.5. The second-order valence-electron chi connectivity index (χ2n) is 7.02. The number of esters is 1. The van der Waals surface area contributed by atoms with Gasteiger partial charge in [-0.15, -0.1) is 0 Å². The van der Waals surface area contributed by atoms with Gasteiger partial charge in [-0.05, 0) is 79.3 Å². The van der Waals surface area contributed by atoms with E-state index in [1.165, 1.54) is 29.9 Å². The molecule has 0 heterocycles. The van der Waals surface area contributed by atoms with Crippen LogP contribution in [0.3, 0.4) is 0 Å². The molecule has 0 aliphatic rings. The van der Waals surface area contributed by atoms with Gasteiger partial charge >= 0.3 is 5.97 Å². The zero-order valence-electron chi connectivity index (χ0n) is 16.9. The highest BCUT2D eigenvalue weighted by Gasteiger charge is 2.12. The van der Waals surface area contributed by atoms with E-state index in [4.69, 9.17) is 0 Å². The first-order valence-electron chi connectivity index (χ1n) is 9.34. The fourth-order valence-corrected chi connectivity index (χ4v) is 4.04. The SMILES string of the molecule is COC(=O)CC(=O)CSCCCc1c(C)cc(C)cc1-c1ccc(F)c(C)c1. The van der Waals surface area contributed by atoms with Crippen molar-refractivity contribution in [1.82, 2.24) is 0 Å². The third kappa shape index (κ3) is 6.20. The number of halogens is 1. The zero-order valence-corrected chi connectivity index (χ0v) is 17.7. The van der Waals surface area contributed by atoms with Gasteiger partial charge in [-0.3, -0.25) is 9.59 Å². The summed E-state index contributed by atoms with van der Waals surface area (Å²) in [6.07, 6.45) is 1.65. The van der Waals surface area contributed by atoms with Crippen molar-refractivity contribution in [3.63, 3.8) is 0 Å². The van der Waals surface area contributed by atoms with Crippen molar-refractivity contribution in [1.29, 1.82) is 0 Å². The molecule has 2 aromatic carbocycles. The number of ketones is 1. The van der Waals surface area contributed by atoms with Crippen LogP contribution in [0, 0.1) is 26.6 Å². The summed E-state index contributed by atoms with van der Waals surface area (Å²) in [5.74, 6) is 0.377. The van der Waals surface area contributed by atoms with Crippen LogP contribution >= 0.6 is 11.8 Å². The molecule has 0 spiro atoms. The highest BCUT2D eigenvalue weighted by atomic mass is 32.2. The Bertz CT molecular complexity index is 861. The minimum Gasteiger partial charge on any atom is -0.469 e. The van der Waals surface area contributed by atoms with Crippen molar-refractivity contribution in [2.24, 2.45) is 0 Å². The third-order valence-electron chi connectivity index (χ3n) is 4.63. The number of methoxy groups -OCH3 is 1. The molecule has 0 aromatic heterocycles. The van der Waals surface area contributed by atoms with Crippen LogP contribution in [0.25, 0.3) is 11.1 Å². The molecule has 0 saturated carbocycles. The highest BCUT2D eigenvalue weighted by Crippen LogP contribution is 2.30. The number of benzene rings is 2. The number of thioether (sulfide) groups is 1. The van der Waals surface area contributed by atoms with Gasteiger partial charge in [-0.1, -0.05) is 23.8 Å². The molecule has 2 aromatic rings. The Morgan fingerprint density at radius 3 is 2.50 bits per heavy atom. The first kappa shape index (κ1) is 22.2. The Kier molecular flexibility index (Phi) is 8.24. The molecule has 2 rings (SSSR count). The van der Waals surface area contributed by atoms with Crippen LogP contribution in [-0.4, -0.2) is 30.4 Å². The Morgan fingerprint density at radius 2 is 1.82 bits per heavy atom. The van der Waals surface area contributed by atoms with Gasteiger partial charge in [0.05, 0.1) is 12.9 Å². The second kappa shape index (κ2) is 10.4. The Morgan fingerprint density at radius 1 is 1.07 bits per heavy atom. The lowest BCUT2D eigenvalue weighted by Gasteiger charge is -2.15. The Labute approximate surface area is 170 Å². The van der Waals surface area contributed by atoms with Gasteiger partial charge < -0.3 is 4.74 Å². The number of rotatable bonds is 9. The smallest absolute Gasteiger partial charge is 0.313 e. The van der Waals surface area contributed by atoms with Crippen LogP contribution in [0.2, 0.25) is 0 Å². The Hall–Kier alpha value is -2.14. The van der Waals surface area contributed by atoms with Crippen LogP contribution in [-0.2, 0) is 20.7 Å². The fraction of sp³-hybridized carbons (Fsp3) is 0.391. The minimum atomic E-state index is -0.486. The van der Waals surface area contributed by atoms with E-state index in [2.05, 4.69) is 30.7 Å². The molecular formula is C23H27FO3S. The average Bonchev–Trinajstić information content (AvgIpc) is 2.64. The van der Waals surface area contributed by atoms with Crippen molar-refractivity contribution in [3.05, 3.63) is 58.4 Å². The molecule has 0 fully saturated rings. The van der Waals surface area contributed by atoms with Gasteiger partial charge in [0.15, 0.2) is 5.78 Å². The van der Waals surface area contributed by atoms with Crippen molar-refractivity contribution < 1.29 is 18.7 Å². The maximum atomic E-state index is 13.7. The standard InChI is InChI=1S/C23H27FO3S/c1-15-10-16(2)20(6-5-9-28-14-19(25)13-23(26)27-4)21(11-15)18-7-8-22(24)17(3)12-18/h7-8,10-12H,5-6,9,13-14H2,1-4H3. The molecule has 0 amide bonds. The van der Waals surface area contributed by atoms with E-state index in [-0.39, 0.29) is 18.0 Å². The lowest BCUT2D eigenvalue weighted by atomic mass is 9.90. The molecule has 0 N–H and O–H groups in total. The fourth-order valence-electron chi connectivity index (χ4n) is 3.22. The summed E-state index contributed by atoms with van der Waals surface area (Å²) in [4.78, 5) is 22.8. The number of aryl methyl sites for hydroxylation is 3. The summed E-state index contributed by atoms with van der Waals surface area (Å²) in [7, 11) is 1.28. The molecule has 0 saturated heterocycles. The van der Waals surface area contributed by atoms with Crippen LogP contribution in [0.4, 0.5) is 4.39 Å². The molecule has 5 heteroatoms. The molecular weight excluding hydrogens is 375 g/mol. The van der Waals surface area contributed by atoms with E-state index in [1.54, 1.807) is 18.7 Å². The van der Waals surface area contributed by atoms with Crippen molar-refractivity contribution in [2.75, 3.05) is 18.6 Å².